The highest BCUT2D eigenvalue weighted by Gasteiger charge is 2.42. The lowest BCUT2D eigenvalue weighted by molar-refractivity contribution is 0.623. The summed E-state index contributed by atoms with van der Waals surface area (Å²) < 4.78 is 13.7. The lowest BCUT2D eigenvalue weighted by Gasteiger charge is -2.26. The van der Waals surface area contributed by atoms with Crippen LogP contribution in [0.2, 0.25) is 0 Å². The van der Waals surface area contributed by atoms with E-state index in [0.717, 1.165) is 55.0 Å². The Balaban J connectivity index is 1.22. The van der Waals surface area contributed by atoms with Crippen molar-refractivity contribution < 1.29 is 8.83 Å². The highest BCUT2D eigenvalue weighted by atomic mass is 16.3. The predicted octanol–water partition coefficient (Wildman–Crippen LogP) is 14.1. The fourth-order valence-corrected chi connectivity index (χ4v) is 9.75. The zero-order chi connectivity index (χ0) is 33.6. The lowest BCUT2D eigenvalue weighted by Crippen LogP contribution is -2.16. The first kappa shape index (κ1) is 27.4. The Labute approximate surface area is 293 Å². The maximum absolute atomic E-state index is 7.21. The summed E-state index contributed by atoms with van der Waals surface area (Å²) in [6.07, 6.45) is 0. The summed E-state index contributed by atoms with van der Waals surface area (Å²) in [5, 5.41) is 15.0. The third kappa shape index (κ3) is 3.33. The molecule has 1 aliphatic rings. The van der Waals surface area contributed by atoms with Crippen LogP contribution >= 0.6 is 0 Å². The third-order valence-electron chi connectivity index (χ3n) is 11.8. The Morgan fingerprint density at radius 2 is 0.824 bits per heavy atom. The molecule has 11 aromatic rings. The van der Waals surface area contributed by atoms with Crippen LogP contribution in [0, 0.1) is 0 Å². The fourth-order valence-electron chi connectivity index (χ4n) is 9.75. The van der Waals surface area contributed by atoms with E-state index in [9.17, 15) is 0 Å². The molecule has 2 aromatic heterocycles. The van der Waals surface area contributed by atoms with Gasteiger partial charge in [-0.3, -0.25) is 0 Å². The summed E-state index contributed by atoms with van der Waals surface area (Å²) in [4.78, 5) is 0. The summed E-state index contributed by atoms with van der Waals surface area (Å²) in [7, 11) is 0. The van der Waals surface area contributed by atoms with Crippen molar-refractivity contribution >= 4 is 87.0 Å². The van der Waals surface area contributed by atoms with Crippen molar-refractivity contribution in [3.8, 4) is 22.3 Å². The minimum Gasteiger partial charge on any atom is -0.455 e. The molecule has 2 heterocycles. The van der Waals surface area contributed by atoms with Gasteiger partial charge in [-0.1, -0.05) is 147 Å². The normalized spacial score (nSPS) is 13.8. The molecule has 2 nitrogen and oxygen atoms in total. The average Bonchev–Trinajstić information content (AvgIpc) is 3.82. The van der Waals surface area contributed by atoms with Crippen LogP contribution < -0.4 is 0 Å². The van der Waals surface area contributed by atoms with Crippen LogP contribution in [-0.2, 0) is 5.41 Å². The standard InChI is InChI=1S/C49H30O2/c1-49(2)44-39(42-33-19-8-7-18-32(33)41-30-16-5-3-13-27(30)28-14-4-6-17-31(28)43(41)45(42)49)26-25-38-37-23-12-22-36(47(37)51-48(38)44)35-21-11-20-34-29-15-9-10-24-40(29)50-46(34)35/h3-26H,1-2H3. The van der Waals surface area contributed by atoms with Gasteiger partial charge in [-0.15, -0.1) is 0 Å². The first-order valence-corrected chi connectivity index (χ1v) is 17.8. The van der Waals surface area contributed by atoms with Gasteiger partial charge in [0.1, 0.15) is 22.3 Å². The number of rotatable bonds is 1. The van der Waals surface area contributed by atoms with Gasteiger partial charge in [-0.05, 0) is 71.9 Å². The molecule has 12 rings (SSSR count). The van der Waals surface area contributed by atoms with Gasteiger partial charge in [0.15, 0.2) is 0 Å². The molecular weight excluding hydrogens is 621 g/mol. The van der Waals surface area contributed by atoms with Crippen molar-refractivity contribution in [1.82, 2.24) is 0 Å². The van der Waals surface area contributed by atoms with E-state index in [0.29, 0.717) is 0 Å². The topological polar surface area (TPSA) is 26.3 Å². The zero-order valence-electron chi connectivity index (χ0n) is 28.2. The van der Waals surface area contributed by atoms with Crippen molar-refractivity contribution in [2.45, 2.75) is 19.3 Å². The number of fused-ring (bicyclic) bond motifs is 20. The zero-order valence-corrected chi connectivity index (χ0v) is 28.2. The molecule has 0 atom stereocenters. The SMILES string of the molecule is CC1(C)c2c(ccc3c2oc2c(-c4cccc5c4oc4ccccc45)cccc23)-c2c1c1c3ccccc3c3ccccc3c1c1ccccc21. The molecule has 0 N–H and O–H groups in total. The summed E-state index contributed by atoms with van der Waals surface area (Å²) in [5.74, 6) is 0. The van der Waals surface area contributed by atoms with Crippen molar-refractivity contribution in [3.05, 3.63) is 157 Å². The van der Waals surface area contributed by atoms with Crippen LogP contribution in [0.25, 0.3) is 109 Å². The van der Waals surface area contributed by atoms with Gasteiger partial charge in [0.2, 0.25) is 0 Å². The first-order chi connectivity index (χ1) is 25.1. The molecule has 0 bridgehead atoms. The largest absolute Gasteiger partial charge is 0.455 e. The molecule has 51 heavy (non-hydrogen) atoms. The molecule has 9 aromatic carbocycles. The van der Waals surface area contributed by atoms with E-state index in [4.69, 9.17) is 8.83 Å². The number of benzene rings is 9. The maximum Gasteiger partial charge on any atom is 0.143 e. The van der Waals surface area contributed by atoms with Gasteiger partial charge in [0.25, 0.3) is 0 Å². The third-order valence-corrected chi connectivity index (χ3v) is 11.8. The Morgan fingerprint density at radius 3 is 1.51 bits per heavy atom. The van der Waals surface area contributed by atoms with Crippen molar-refractivity contribution in [3.63, 3.8) is 0 Å². The van der Waals surface area contributed by atoms with E-state index in [1.165, 1.54) is 65.3 Å². The van der Waals surface area contributed by atoms with Gasteiger partial charge in [-0.25, -0.2) is 0 Å². The minimum absolute atomic E-state index is 0.343. The Hall–Kier alpha value is -6.38. The molecule has 0 fully saturated rings. The van der Waals surface area contributed by atoms with Crippen LogP contribution in [0.1, 0.15) is 25.0 Å². The average molecular weight is 651 g/mol. The number of hydrogen-bond acceptors (Lipinski definition) is 2. The van der Waals surface area contributed by atoms with Crippen LogP contribution in [-0.4, -0.2) is 0 Å². The summed E-state index contributed by atoms with van der Waals surface area (Å²) >= 11 is 0. The molecular formula is C49H30O2. The first-order valence-electron chi connectivity index (χ1n) is 17.8. The second-order valence-electron chi connectivity index (χ2n) is 14.7. The summed E-state index contributed by atoms with van der Waals surface area (Å²) in [5.41, 5.74) is 10.6. The highest BCUT2D eigenvalue weighted by Crippen LogP contribution is 2.59. The van der Waals surface area contributed by atoms with Crippen LogP contribution in [0.5, 0.6) is 0 Å². The number of para-hydroxylation sites is 3. The Kier molecular flexibility index (Phi) is 5.08. The number of hydrogen-bond donors (Lipinski definition) is 0. The monoisotopic (exact) mass is 650 g/mol. The Bertz CT molecular complexity index is 3330. The predicted molar refractivity (Wildman–Crippen MR) is 214 cm³/mol. The molecule has 0 unspecified atom stereocenters. The fraction of sp³-hybridized carbons (Fsp3) is 0.0612. The smallest absolute Gasteiger partial charge is 0.143 e. The molecule has 0 radical (unpaired) electrons. The van der Waals surface area contributed by atoms with E-state index in [1.807, 2.05) is 12.1 Å². The maximum atomic E-state index is 7.21. The summed E-state index contributed by atoms with van der Waals surface area (Å²) in [6.45, 7) is 4.80. The lowest BCUT2D eigenvalue weighted by atomic mass is 9.77. The molecule has 0 spiro atoms. The second kappa shape index (κ2) is 9.44. The molecule has 1 aliphatic carbocycles. The van der Waals surface area contributed by atoms with Gasteiger partial charge in [0.05, 0.1) is 0 Å². The minimum atomic E-state index is -0.343. The second-order valence-corrected chi connectivity index (χ2v) is 14.7. The van der Waals surface area contributed by atoms with Crippen LogP contribution in [0.15, 0.2) is 154 Å². The Morgan fingerprint density at radius 1 is 0.333 bits per heavy atom. The van der Waals surface area contributed by atoms with E-state index in [2.05, 4.69) is 147 Å². The molecule has 0 saturated carbocycles. The molecule has 2 heteroatoms. The van der Waals surface area contributed by atoms with E-state index < -0.39 is 0 Å². The van der Waals surface area contributed by atoms with Crippen LogP contribution in [0.4, 0.5) is 0 Å². The number of furan rings is 2. The highest BCUT2D eigenvalue weighted by molar-refractivity contribution is 6.35. The van der Waals surface area contributed by atoms with Gasteiger partial charge >= 0.3 is 0 Å². The molecule has 238 valence electrons. The molecule has 0 amide bonds. The van der Waals surface area contributed by atoms with Crippen molar-refractivity contribution in [2.24, 2.45) is 0 Å². The van der Waals surface area contributed by atoms with Gasteiger partial charge < -0.3 is 8.83 Å². The van der Waals surface area contributed by atoms with Gasteiger partial charge in [-0.2, -0.15) is 0 Å². The molecule has 0 saturated heterocycles. The van der Waals surface area contributed by atoms with Crippen LogP contribution in [0.3, 0.4) is 0 Å². The summed E-state index contributed by atoms with van der Waals surface area (Å²) in [6, 6.07) is 52.8. The van der Waals surface area contributed by atoms with Crippen molar-refractivity contribution in [1.29, 1.82) is 0 Å². The van der Waals surface area contributed by atoms with E-state index >= 15 is 0 Å². The quantitative estimate of drug-likeness (QED) is 0.165. The molecule has 0 aliphatic heterocycles. The van der Waals surface area contributed by atoms with Gasteiger partial charge in [0, 0.05) is 43.7 Å². The van der Waals surface area contributed by atoms with Crippen molar-refractivity contribution in [2.75, 3.05) is 0 Å². The van der Waals surface area contributed by atoms with E-state index in [1.54, 1.807) is 0 Å². The van der Waals surface area contributed by atoms with E-state index in [-0.39, 0.29) is 5.41 Å².